The maximum absolute atomic E-state index is 13.3. The van der Waals surface area contributed by atoms with Gasteiger partial charge in [0.1, 0.15) is 11.9 Å². The normalized spacial score (nSPS) is 16.6. The number of nitrogens with zero attached hydrogens (tertiary/aromatic N) is 3. The molecule has 1 aliphatic rings. The van der Waals surface area contributed by atoms with Gasteiger partial charge in [0.05, 0.1) is 5.69 Å². The van der Waals surface area contributed by atoms with Crippen molar-refractivity contribution in [2.75, 3.05) is 13.1 Å². The molecule has 1 aromatic heterocycles. The first-order chi connectivity index (χ1) is 13.9. The topological polar surface area (TPSA) is 67.2 Å². The summed E-state index contributed by atoms with van der Waals surface area (Å²) in [5.74, 6) is -1.01. The van der Waals surface area contributed by atoms with Crippen molar-refractivity contribution in [3.05, 3.63) is 77.2 Å². The Morgan fingerprint density at radius 1 is 1.14 bits per heavy atom. The molecule has 2 heterocycles. The number of halogens is 1. The Hall–Kier alpha value is -3.48. The van der Waals surface area contributed by atoms with Gasteiger partial charge >= 0.3 is 0 Å². The molecule has 148 valence electrons. The highest BCUT2D eigenvalue weighted by atomic mass is 19.1. The van der Waals surface area contributed by atoms with Gasteiger partial charge in [0.25, 0.3) is 5.91 Å². The molecule has 1 fully saturated rings. The van der Waals surface area contributed by atoms with Gasteiger partial charge < -0.3 is 10.2 Å². The molecular formula is C22H21FN4O2. The number of benzene rings is 2. The zero-order chi connectivity index (χ0) is 20.5. The van der Waals surface area contributed by atoms with Crippen molar-refractivity contribution in [1.29, 1.82) is 0 Å². The lowest BCUT2D eigenvalue weighted by Gasteiger charge is -2.34. The van der Waals surface area contributed by atoms with Gasteiger partial charge in [-0.3, -0.25) is 14.3 Å². The van der Waals surface area contributed by atoms with Crippen molar-refractivity contribution in [1.82, 2.24) is 20.0 Å². The van der Waals surface area contributed by atoms with E-state index in [2.05, 4.69) is 10.4 Å². The molecule has 4 rings (SSSR count). The maximum atomic E-state index is 13.3. The SMILES string of the molecule is Cc1ccc(-c2cc(C(=O)N3CCNC(=O)C3c3ccc(F)cc3)nn2C)cc1. The third-order valence-corrected chi connectivity index (χ3v) is 5.10. The van der Waals surface area contributed by atoms with Crippen LogP contribution in [-0.4, -0.2) is 39.6 Å². The van der Waals surface area contributed by atoms with E-state index >= 15 is 0 Å². The Morgan fingerprint density at radius 3 is 2.52 bits per heavy atom. The van der Waals surface area contributed by atoms with Crippen LogP contribution in [0.15, 0.2) is 54.6 Å². The van der Waals surface area contributed by atoms with Gasteiger partial charge in [-0.05, 0) is 36.2 Å². The minimum absolute atomic E-state index is 0.268. The molecule has 29 heavy (non-hydrogen) atoms. The van der Waals surface area contributed by atoms with Gasteiger partial charge in [0.15, 0.2) is 5.69 Å². The molecule has 7 heteroatoms. The van der Waals surface area contributed by atoms with Crippen molar-refractivity contribution < 1.29 is 14.0 Å². The lowest BCUT2D eigenvalue weighted by molar-refractivity contribution is -0.128. The molecule has 3 aromatic rings. The second-order valence-electron chi connectivity index (χ2n) is 7.15. The lowest BCUT2D eigenvalue weighted by Crippen LogP contribution is -2.52. The number of hydrogen-bond donors (Lipinski definition) is 1. The van der Waals surface area contributed by atoms with Crippen LogP contribution < -0.4 is 5.32 Å². The zero-order valence-corrected chi connectivity index (χ0v) is 16.2. The minimum atomic E-state index is -0.818. The molecular weight excluding hydrogens is 371 g/mol. The number of amides is 2. The Morgan fingerprint density at radius 2 is 1.83 bits per heavy atom. The molecule has 0 spiro atoms. The number of aromatic nitrogens is 2. The smallest absolute Gasteiger partial charge is 0.275 e. The molecule has 2 aromatic carbocycles. The Kier molecular flexibility index (Phi) is 4.88. The van der Waals surface area contributed by atoms with Gasteiger partial charge in [-0.25, -0.2) is 4.39 Å². The first-order valence-corrected chi connectivity index (χ1v) is 9.39. The molecule has 1 unspecified atom stereocenters. The average Bonchev–Trinajstić information content (AvgIpc) is 3.10. The van der Waals surface area contributed by atoms with Crippen LogP contribution in [-0.2, 0) is 11.8 Å². The molecule has 1 N–H and O–H groups in total. The van der Waals surface area contributed by atoms with E-state index in [9.17, 15) is 14.0 Å². The molecule has 1 aliphatic heterocycles. The standard InChI is InChI=1S/C22H21FN4O2/c1-14-3-5-15(6-4-14)19-13-18(25-26(19)2)22(29)27-12-11-24-21(28)20(27)16-7-9-17(23)10-8-16/h3-10,13,20H,11-12H2,1-2H3,(H,24,28). The number of carbonyl (C=O) groups excluding carboxylic acids is 2. The minimum Gasteiger partial charge on any atom is -0.352 e. The summed E-state index contributed by atoms with van der Waals surface area (Å²) < 4.78 is 15.0. The molecule has 1 atom stereocenters. The predicted molar refractivity (Wildman–Crippen MR) is 107 cm³/mol. The van der Waals surface area contributed by atoms with E-state index < -0.39 is 11.9 Å². The monoisotopic (exact) mass is 392 g/mol. The fraction of sp³-hybridized carbons (Fsp3) is 0.227. The second kappa shape index (κ2) is 7.50. The average molecular weight is 392 g/mol. The van der Waals surface area contributed by atoms with E-state index in [1.807, 2.05) is 31.2 Å². The Labute approximate surface area is 167 Å². The Bertz CT molecular complexity index is 1060. The Balaban J connectivity index is 1.67. The first-order valence-electron chi connectivity index (χ1n) is 9.39. The number of rotatable bonds is 3. The van der Waals surface area contributed by atoms with Gasteiger partial charge in [-0.15, -0.1) is 0 Å². The van der Waals surface area contributed by atoms with Crippen LogP contribution in [0.25, 0.3) is 11.3 Å². The predicted octanol–water partition coefficient (Wildman–Crippen LogP) is 2.85. The first kappa shape index (κ1) is 18.9. The van der Waals surface area contributed by atoms with E-state index in [1.165, 1.54) is 29.2 Å². The molecule has 0 bridgehead atoms. The summed E-state index contributed by atoms with van der Waals surface area (Å²) in [6, 6.07) is 14.5. The van der Waals surface area contributed by atoms with Crippen molar-refractivity contribution >= 4 is 11.8 Å². The van der Waals surface area contributed by atoms with Crippen LogP contribution in [0.5, 0.6) is 0 Å². The largest absolute Gasteiger partial charge is 0.352 e. The highest BCUT2D eigenvalue weighted by Gasteiger charge is 2.35. The van der Waals surface area contributed by atoms with E-state index in [4.69, 9.17) is 0 Å². The fourth-order valence-corrected chi connectivity index (χ4v) is 3.58. The number of aryl methyl sites for hydroxylation is 2. The second-order valence-corrected chi connectivity index (χ2v) is 7.15. The summed E-state index contributed by atoms with van der Waals surface area (Å²) >= 11 is 0. The zero-order valence-electron chi connectivity index (χ0n) is 16.2. The summed E-state index contributed by atoms with van der Waals surface area (Å²) in [4.78, 5) is 27.3. The van der Waals surface area contributed by atoms with Crippen molar-refractivity contribution in [2.45, 2.75) is 13.0 Å². The van der Waals surface area contributed by atoms with Gasteiger partial charge in [0, 0.05) is 20.1 Å². The fourth-order valence-electron chi connectivity index (χ4n) is 3.58. The summed E-state index contributed by atoms with van der Waals surface area (Å²) in [6.45, 7) is 2.72. The van der Waals surface area contributed by atoms with Crippen molar-refractivity contribution in [3.8, 4) is 11.3 Å². The third kappa shape index (κ3) is 3.63. The number of piperazine rings is 1. The molecule has 6 nitrogen and oxygen atoms in total. The highest BCUT2D eigenvalue weighted by Crippen LogP contribution is 2.27. The van der Waals surface area contributed by atoms with Crippen LogP contribution in [0.2, 0.25) is 0 Å². The van der Waals surface area contributed by atoms with Crippen LogP contribution in [0, 0.1) is 12.7 Å². The van der Waals surface area contributed by atoms with Crippen LogP contribution >= 0.6 is 0 Å². The lowest BCUT2D eigenvalue weighted by atomic mass is 10.0. The molecule has 1 saturated heterocycles. The van der Waals surface area contributed by atoms with E-state index in [-0.39, 0.29) is 17.5 Å². The summed E-state index contributed by atoms with van der Waals surface area (Å²) in [7, 11) is 1.78. The highest BCUT2D eigenvalue weighted by molar-refractivity contribution is 5.98. The third-order valence-electron chi connectivity index (χ3n) is 5.10. The molecule has 0 radical (unpaired) electrons. The van der Waals surface area contributed by atoms with Crippen LogP contribution in [0.3, 0.4) is 0 Å². The van der Waals surface area contributed by atoms with E-state index in [1.54, 1.807) is 17.8 Å². The molecule has 0 saturated carbocycles. The van der Waals surface area contributed by atoms with E-state index in [0.717, 1.165) is 16.8 Å². The molecule has 2 amide bonds. The van der Waals surface area contributed by atoms with Crippen LogP contribution in [0.1, 0.15) is 27.7 Å². The number of nitrogens with one attached hydrogen (secondary N) is 1. The van der Waals surface area contributed by atoms with Gasteiger partial charge in [-0.1, -0.05) is 42.0 Å². The number of hydrogen-bond acceptors (Lipinski definition) is 3. The van der Waals surface area contributed by atoms with Crippen molar-refractivity contribution in [3.63, 3.8) is 0 Å². The van der Waals surface area contributed by atoms with Gasteiger partial charge in [0.2, 0.25) is 5.91 Å². The number of carbonyl (C=O) groups is 2. The summed E-state index contributed by atoms with van der Waals surface area (Å²) in [5, 5.41) is 7.16. The van der Waals surface area contributed by atoms with Crippen LogP contribution in [0.4, 0.5) is 4.39 Å². The van der Waals surface area contributed by atoms with E-state index in [0.29, 0.717) is 18.7 Å². The molecule has 0 aliphatic carbocycles. The summed E-state index contributed by atoms with van der Waals surface area (Å²) in [6.07, 6.45) is 0. The van der Waals surface area contributed by atoms with Crippen molar-refractivity contribution in [2.24, 2.45) is 7.05 Å². The van der Waals surface area contributed by atoms with Gasteiger partial charge in [-0.2, -0.15) is 5.10 Å². The summed E-state index contributed by atoms with van der Waals surface area (Å²) in [5.41, 5.74) is 3.74. The quantitative estimate of drug-likeness (QED) is 0.745. The maximum Gasteiger partial charge on any atom is 0.275 e.